The van der Waals surface area contributed by atoms with Crippen LogP contribution in [0.4, 0.5) is 4.39 Å². The quantitative estimate of drug-likeness (QED) is 0.838. The molecule has 1 aromatic carbocycles. The van der Waals surface area contributed by atoms with Gasteiger partial charge in [-0.2, -0.15) is 0 Å². The maximum Gasteiger partial charge on any atom is 0.229 e. The smallest absolute Gasteiger partial charge is 0.229 e. The number of ether oxygens (including phenoxy) is 2. The van der Waals surface area contributed by atoms with E-state index in [1.54, 1.807) is 19.2 Å². The highest BCUT2D eigenvalue weighted by atomic mass is 19.1. The second kappa shape index (κ2) is 7.32. The lowest BCUT2D eigenvalue weighted by Crippen LogP contribution is -2.36. The third-order valence-corrected chi connectivity index (χ3v) is 4.51. The summed E-state index contributed by atoms with van der Waals surface area (Å²) in [5, 5.41) is 0. The molecule has 6 heteroatoms. The van der Waals surface area contributed by atoms with Crippen LogP contribution in [0.3, 0.4) is 0 Å². The van der Waals surface area contributed by atoms with Gasteiger partial charge in [0.05, 0.1) is 18.4 Å². The molecule has 0 bridgehead atoms. The predicted octanol–water partition coefficient (Wildman–Crippen LogP) is 3.41. The van der Waals surface area contributed by atoms with Crippen LogP contribution >= 0.6 is 0 Å². The lowest BCUT2D eigenvalue weighted by atomic mass is 10.1. The topological polar surface area (TPSA) is 47.7 Å². The Morgan fingerprint density at radius 3 is 2.79 bits per heavy atom. The minimum absolute atomic E-state index is 0.291. The monoisotopic (exact) mass is 334 g/mol. The van der Waals surface area contributed by atoms with Gasteiger partial charge in [0, 0.05) is 25.8 Å². The molecule has 0 unspecified atom stereocenters. The summed E-state index contributed by atoms with van der Waals surface area (Å²) in [4.78, 5) is 6.78. The summed E-state index contributed by atoms with van der Waals surface area (Å²) in [6.07, 6.45) is 2.04. The number of halogens is 1. The van der Waals surface area contributed by atoms with Gasteiger partial charge < -0.3 is 13.9 Å². The van der Waals surface area contributed by atoms with Gasteiger partial charge >= 0.3 is 0 Å². The molecule has 0 aliphatic carbocycles. The first kappa shape index (κ1) is 16.9. The molecule has 1 fully saturated rings. The normalized spacial score (nSPS) is 15.9. The molecule has 0 radical (unpaired) electrons. The Kier molecular flexibility index (Phi) is 5.16. The van der Waals surface area contributed by atoms with E-state index in [4.69, 9.17) is 13.9 Å². The van der Waals surface area contributed by atoms with Crippen molar-refractivity contribution in [2.45, 2.75) is 32.4 Å². The largest absolute Gasteiger partial charge is 0.497 e. The average Bonchev–Trinajstić information content (AvgIpc) is 2.96. The number of aromatic nitrogens is 1. The molecule has 1 saturated heterocycles. The molecule has 1 aliphatic rings. The molecule has 0 atom stereocenters. The zero-order valence-electron chi connectivity index (χ0n) is 14.3. The second-order valence-electron chi connectivity index (χ2n) is 6.13. The van der Waals surface area contributed by atoms with Crippen LogP contribution in [0.2, 0.25) is 0 Å². The maximum atomic E-state index is 14.1. The van der Waals surface area contributed by atoms with E-state index in [1.807, 2.05) is 6.92 Å². The highest BCUT2D eigenvalue weighted by Gasteiger charge is 2.22. The van der Waals surface area contributed by atoms with Crippen LogP contribution in [0.25, 0.3) is 11.5 Å². The molecule has 2 heterocycles. The van der Waals surface area contributed by atoms with Gasteiger partial charge in [-0.1, -0.05) is 0 Å². The molecule has 2 aromatic rings. The van der Waals surface area contributed by atoms with E-state index >= 15 is 0 Å². The van der Waals surface area contributed by atoms with Gasteiger partial charge in [-0.3, -0.25) is 4.90 Å². The first-order valence-corrected chi connectivity index (χ1v) is 8.16. The van der Waals surface area contributed by atoms with Crippen molar-refractivity contribution in [3.63, 3.8) is 0 Å². The third kappa shape index (κ3) is 3.60. The maximum absolute atomic E-state index is 14.1. The molecular weight excluding hydrogens is 311 g/mol. The lowest BCUT2D eigenvalue weighted by Gasteiger charge is -2.30. The Labute approximate surface area is 141 Å². The number of aryl methyl sites for hydroxylation is 1. The van der Waals surface area contributed by atoms with E-state index in [2.05, 4.69) is 16.9 Å². The lowest BCUT2D eigenvalue weighted by molar-refractivity contribution is 0.0402. The van der Waals surface area contributed by atoms with Gasteiger partial charge in [-0.05, 0) is 45.0 Å². The van der Waals surface area contributed by atoms with E-state index in [0.717, 1.165) is 31.7 Å². The molecule has 5 nitrogen and oxygen atoms in total. The zero-order valence-corrected chi connectivity index (χ0v) is 14.3. The van der Waals surface area contributed by atoms with Gasteiger partial charge in [0.25, 0.3) is 0 Å². The van der Waals surface area contributed by atoms with Crippen LogP contribution in [-0.4, -0.2) is 43.3 Å². The summed E-state index contributed by atoms with van der Waals surface area (Å²) in [5.41, 5.74) is 1.15. The number of oxazole rings is 1. The van der Waals surface area contributed by atoms with Crippen molar-refractivity contribution >= 4 is 0 Å². The summed E-state index contributed by atoms with van der Waals surface area (Å²) < 4.78 is 30.4. The van der Waals surface area contributed by atoms with Gasteiger partial charge in [0.15, 0.2) is 0 Å². The van der Waals surface area contributed by atoms with E-state index in [9.17, 15) is 4.39 Å². The fourth-order valence-corrected chi connectivity index (χ4v) is 2.98. The van der Waals surface area contributed by atoms with Crippen LogP contribution in [0, 0.1) is 12.7 Å². The summed E-state index contributed by atoms with van der Waals surface area (Å²) in [7, 11) is 3.63. The Balaban J connectivity index is 1.80. The number of rotatable bonds is 5. The van der Waals surface area contributed by atoms with Crippen LogP contribution < -0.4 is 4.74 Å². The minimum Gasteiger partial charge on any atom is -0.497 e. The van der Waals surface area contributed by atoms with E-state index < -0.39 is 0 Å². The SMILES string of the molecule is COc1ccc(F)c(-c2nc(CN(C)C3CCOCC3)c(C)o2)c1. The third-order valence-electron chi connectivity index (χ3n) is 4.51. The molecule has 0 saturated carbocycles. The van der Waals surface area contributed by atoms with Gasteiger partial charge in [0.1, 0.15) is 17.3 Å². The fraction of sp³-hybridized carbons (Fsp3) is 0.500. The summed E-state index contributed by atoms with van der Waals surface area (Å²) in [5.74, 6) is 1.20. The Morgan fingerprint density at radius 1 is 1.33 bits per heavy atom. The standard InChI is InChI=1S/C18H23FN2O3/c1-12-17(11-21(2)13-6-8-23-9-7-13)20-18(24-12)15-10-14(22-3)4-5-16(15)19/h4-5,10,13H,6-9,11H2,1-3H3. The zero-order chi connectivity index (χ0) is 17.1. The fourth-order valence-electron chi connectivity index (χ4n) is 2.98. The van der Waals surface area contributed by atoms with E-state index in [1.165, 1.54) is 6.07 Å². The molecule has 24 heavy (non-hydrogen) atoms. The number of methoxy groups -OCH3 is 1. The van der Waals surface area contributed by atoms with Crippen molar-refractivity contribution in [2.24, 2.45) is 0 Å². The predicted molar refractivity (Wildman–Crippen MR) is 88.5 cm³/mol. The van der Waals surface area contributed by atoms with Crippen LogP contribution in [-0.2, 0) is 11.3 Å². The number of benzene rings is 1. The van der Waals surface area contributed by atoms with Gasteiger partial charge in [-0.15, -0.1) is 0 Å². The highest BCUT2D eigenvalue weighted by molar-refractivity contribution is 5.57. The second-order valence-corrected chi connectivity index (χ2v) is 6.13. The molecule has 130 valence electrons. The number of hydrogen-bond acceptors (Lipinski definition) is 5. The molecule has 3 rings (SSSR count). The van der Waals surface area contributed by atoms with Gasteiger partial charge in [0.2, 0.25) is 5.89 Å². The molecular formula is C18H23FN2O3. The Hall–Kier alpha value is -1.92. The van der Waals surface area contributed by atoms with Crippen molar-refractivity contribution in [1.29, 1.82) is 0 Å². The molecule has 0 amide bonds. The van der Waals surface area contributed by atoms with Crippen LogP contribution in [0.1, 0.15) is 24.3 Å². The van der Waals surface area contributed by atoms with Crippen molar-refractivity contribution in [3.8, 4) is 17.2 Å². The van der Waals surface area contributed by atoms with Crippen LogP contribution in [0.15, 0.2) is 22.6 Å². The molecule has 0 spiro atoms. The van der Waals surface area contributed by atoms with Crippen molar-refractivity contribution in [1.82, 2.24) is 9.88 Å². The van der Waals surface area contributed by atoms with Crippen molar-refractivity contribution < 1.29 is 18.3 Å². The van der Waals surface area contributed by atoms with E-state index in [0.29, 0.717) is 35.6 Å². The van der Waals surface area contributed by atoms with Crippen LogP contribution in [0.5, 0.6) is 5.75 Å². The van der Waals surface area contributed by atoms with E-state index in [-0.39, 0.29) is 5.82 Å². The summed E-state index contributed by atoms with van der Waals surface area (Å²) in [6, 6.07) is 5.02. The molecule has 1 aliphatic heterocycles. The first-order chi connectivity index (χ1) is 11.6. The van der Waals surface area contributed by atoms with Gasteiger partial charge in [-0.25, -0.2) is 9.37 Å². The molecule has 0 N–H and O–H groups in total. The summed E-state index contributed by atoms with van der Waals surface area (Å²) in [6.45, 7) is 4.13. The van der Waals surface area contributed by atoms with Crippen molar-refractivity contribution in [2.75, 3.05) is 27.4 Å². The summed E-state index contributed by atoms with van der Waals surface area (Å²) >= 11 is 0. The Morgan fingerprint density at radius 2 is 2.08 bits per heavy atom. The first-order valence-electron chi connectivity index (χ1n) is 8.16. The number of nitrogens with zero attached hydrogens (tertiary/aromatic N) is 2. The average molecular weight is 334 g/mol. The Bertz CT molecular complexity index is 696. The van der Waals surface area contributed by atoms with Crippen molar-refractivity contribution in [3.05, 3.63) is 35.5 Å². The minimum atomic E-state index is -0.374. The highest BCUT2D eigenvalue weighted by Crippen LogP contribution is 2.28. The molecule has 1 aromatic heterocycles. The number of hydrogen-bond donors (Lipinski definition) is 0.